The molecule has 5 atom stereocenters. The van der Waals surface area contributed by atoms with Crippen LogP contribution in [-0.4, -0.2) is 107 Å². The average molecular weight is 478 g/mol. The third-order valence-corrected chi connectivity index (χ3v) is 7.04. The standard InChI is InChI=1S/C23H35N3O2.2CH2O2/c1-24(2)16-21-19-13-18(20-10-6-7-11-26(20)21)14-25(15-19)23(28)22(27)12-17-8-4-3-5-9-17;2*2-1-3/h3-5,8-9,18-22,27H,6-7,10-16H2,1-2H3;2*1H,(H,2,3)/t18-,19+,20+,21+,22+;;/m1../s1. The van der Waals surface area contributed by atoms with E-state index in [2.05, 4.69) is 23.9 Å². The van der Waals surface area contributed by atoms with Crippen LogP contribution in [0, 0.1) is 11.8 Å². The van der Waals surface area contributed by atoms with E-state index >= 15 is 0 Å². The third-order valence-electron chi connectivity index (χ3n) is 7.04. The van der Waals surface area contributed by atoms with Crippen molar-refractivity contribution in [3.63, 3.8) is 0 Å². The molecule has 0 aliphatic carbocycles. The molecule has 1 aromatic rings. The van der Waals surface area contributed by atoms with Gasteiger partial charge in [0, 0.05) is 38.1 Å². The van der Waals surface area contributed by atoms with Gasteiger partial charge < -0.3 is 25.1 Å². The fraction of sp³-hybridized carbons (Fsp3) is 0.640. The molecule has 1 aromatic carbocycles. The van der Waals surface area contributed by atoms with Crippen LogP contribution in [0.5, 0.6) is 0 Å². The van der Waals surface area contributed by atoms with Gasteiger partial charge in [-0.05, 0) is 57.3 Å². The van der Waals surface area contributed by atoms with Crippen LogP contribution in [0.4, 0.5) is 0 Å². The molecule has 3 N–H and O–H groups in total. The maximum atomic E-state index is 13.1. The lowest BCUT2D eigenvalue weighted by Crippen LogP contribution is -2.66. The van der Waals surface area contributed by atoms with Crippen LogP contribution in [0.3, 0.4) is 0 Å². The van der Waals surface area contributed by atoms with E-state index in [0.717, 1.165) is 25.2 Å². The molecule has 3 saturated heterocycles. The number of hydrogen-bond donors (Lipinski definition) is 3. The van der Waals surface area contributed by atoms with Crippen LogP contribution in [0.2, 0.25) is 0 Å². The van der Waals surface area contributed by atoms with Gasteiger partial charge in [0.2, 0.25) is 0 Å². The number of aliphatic hydroxyl groups is 1. The molecule has 9 heteroatoms. The monoisotopic (exact) mass is 477 g/mol. The first-order chi connectivity index (χ1) is 16.4. The number of piperidine rings is 3. The largest absolute Gasteiger partial charge is 0.483 e. The molecule has 9 nitrogen and oxygen atoms in total. The number of aliphatic hydroxyl groups excluding tert-OH is 1. The zero-order chi connectivity index (χ0) is 25.1. The average Bonchev–Trinajstić information content (AvgIpc) is 2.83. The molecule has 0 spiro atoms. The van der Waals surface area contributed by atoms with E-state index in [1.807, 2.05) is 35.2 Å². The summed E-state index contributed by atoms with van der Waals surface area (Å²) in [5.41, 5.74) is 1.02. The SMILES string of the molecule is CN(C)C[C@H]1[C@H]2C[C@H](CN(C(=O)[C@@H](O)Cc3ccccc3)C2)[C@@H]2CCCCN21.O=CO.O=CO. The Bertz CT molecular complexity index is 756. The zero-order valence-corrected chi connectivity index (χ0v) is 20.2. The van der Waals surface area contributed by atoms with Gasteiger partial charge in [-0.3, -0.25) is 19.3 Å². The fourth-order valence-corrected chi connectivity index (χ4v) is 5.85. The van der Waals surface area contributed by atoms with E-state index in [-0.39, 0.29) is 18.9 Å². The molecule has 3 heterocycles. The van der Waals surface area contributed by atoms with Crippen molar-refractivity contribution in [1.82, 2.24) is 14.7 Å². The molecular weight excluding hydrogens is 438 g/mol. The third kappa shape index (κ3) is 7.51. The molecule has 3 aliphatic rings. The second-order valence-electron chi connectivity index (χ2n) is 9.55. The summed E-state index contributed by atoms with van der Waals surface area (Å²) in [6.45, 7) is 3.38. The summed E-state index contributed by atoms with van der Waals surface area (Å²) in [5, 5.41) is 24.4. The number of fused-ring (bicyclic) bond motifs is 4. The topological polar surface area (TPSA) is 122 Å². The van der Waals surface area contributed by atoms with E-state index in [9.17, 15) is 9.90 Å². The Kier molecular flexibility index (Phi) is 11.5. The second-order valence-corrected chi connectivity index (χ2v) is 9.55. The van der Waals surface area contributed by atoms with Crippen molar-refractivity contribution in [2.45, 2.75) is 50.3 Å². The first-order valence-electron chi connectivity index (χ1n) is 11.9. The van der Waals surface area contributed by atoms with Crippen LogP contribution in [-0.2, 0) is 20.8 Å². The van der Waals surface area contributed by atoms with Crippen LogP contribution in [0.25, 0.3) is 0 Å². The fourth-order valence-electron chi connectivity index (χ4n) is 5.85. The Balaban J connectivity index is 0.000000618. The normalized spacial score (nSPS) is 26.6. The van der Waals surface area contributed by atoms with Gasteiger partial charge in [-0.15, -0.1) is 0 Å². The van der Waals surface area contributed by atoms with Gasteiger partial charge in [0.05, 0.1) is 0 Å². The molecule has 34 heavy (non-hydrogen) atoms. The Morgan fingerprint density at radius 2 is 1.71 bits per heavy atom. The van der Waals surface area contributed by atoms with E-state index in [1.54, 1.807) is 0 Å². The Labute approximate surface area is 202 Å². The molecule has 0 saturated carbocycles. The van der Waals surface area contributed by atoms with Crippen molar-refractivity contribution in [2.75, 3.05) is 40.3 Å². The molecule has 2 bridgehead atoms. The second kappa shape index (κ2) is 14.0. The lowest BCUT2D eigenvalue weighted by molar-refractivity contribution is -0.149. The lowest BCUT2D eigenvalue weighted by Gasteiger charge is -2.57. The van der Waals surface area contributed by atoms with Crippen LogP contribution in [0.1, 0.15) is 31.2 Å². The minimum atomic E-state index is -0.934. The lowest BCUT2D eigenvalue weighted by atomic mass is 9.72. The Hall–Kier alpha value is -2.49. The van der Waals surface area contributed by atoms with Crippen molar-refractivity contribution >= 4 is 18.9 Å². The summed E-state index contributed by atoms with van der Waals surface area (Å²) in [6.07, 6.45) is 4.58. The first kappa shape index (κ1) is 27.8. The molecule has 3 aliphatic heterocycles. The molecule has 4 rings (SSSR count). The number of rotatable bonds is 5. The Morgan fingerprint density at radius 1 is 1.09 bits per heavy atom. The number of carbonyl (C=O) groups is 3. The van der Waals surface area contributed by atoms with Gasteiger partial charge in [-0.25, -0.2) is 0 Å². The quantitative estimate of drug-likeness (QED) is 0.542. The number of likely N-dealkylation sites (tertiary alicyclic amines) is 1. The summed E-state index contributed by atoms with van der Waals surface area (Å²) in [7, 11) is 4.31. The van der Waals surface area contributed by atoms with Crippen LogP contribution < -0.4 is 0 Å². The number of nitrogens with zero attached hydrogens (tertiary/aromatic N) is 3. The van der Waals surface area contributed by atoms with E-state index in [1.165, 1.54) is 32.2 Å². The van der Waals surface area contributed by atoms with E-state index in [0.29, 0.717) is 30.3 Å². The van der Waals surface area contributed by atoms with E-state index < -0.39 is 6.10 Å². The van der Waals surface area contributed by atoms with Crippen molar-refractivity contribution in [2.24, 2.45) is 11.8 Å². The number of carboxylic acid groups (broad SMARTS) is 2. The van der Waals surface area contributed by atoms with Crippen molar-refractivity contribution in [3.05, 3.63) is 35.9 Å². The maximum absolute atomic E-state index is 13.1. The summed E-state index contributed by atoms with van der Waals surface area (Å²) < 4.78 is 0. The highest BCUT2D eigenvalue weighted by Crippen LogP contribution is 2.41. The van der Waals surface area contributed by atoms with Crippen molar-refractivity contribution in [3.8, 4) is 0 Å². The summed E-state index contributed by atoms with van der Waals surface area (Å²) >= 11 is 0. The molecule has 0 radical (unpaired) electrons. The highest BCUT2D eigenvalue weighted by molar-refractivity contribution is 5.81. The number of amides is 1. The van der Waals surface area contributed by atoms with Gasteiger partial charge in [-0.2, -0.15) is 0 Å². The Morgan fingerprint density at radius 3 is 2.32 bits per heavy atom. The van der Waals surface area contributed by atoms with Crippen LogP contribution >= 0.6 is 0 Å². The molecule has 1 amide bonds. The van der Waals surface area contributed by atoms with Gasteiger partial charge >= 0.3 is 0 Å². The molecule has 190 valence electrons. The highest BCUT2D eigenvalue weighted by atomic mass is 16.3. The smallest absolute Gasteiger partial charge is 0.290 e. The molecule has 3 fully saturated rings. The zero-order valence-electron chi connectivity index (χ0n) is 20.2. The predicted octanol–water partition coefficient (Wildman–Crippen LogP) is 1.25. The van der Waals surface area contributed by atoms with Crippen LogP contribution in [0.15, 0.2) is 30.3 Å². The highest BCUT2D eigenvalue weighted by Gasteiger charge is 2.48. The van der Waals surface area contributed by atoms with Gasteiger partial charge in [0.1, 0.15) is 6.10 Å². The minimum Gasteiger partial charge on any atom is -0.483 e. The number of likely N-dealkylation sites (N-methyl/N-ethyl adjacent to an activating group) is 1. The van der Waals surface area contributed by atoms with Gasteiger partial charge in [-0.1, -0.05) is 36.8 Å². The first-order valence-corrected chi connectivity index (χ1v) is 11.9. The van der Waals surface area contributed by atoms with Crippen molar-refractivity contribution in [1.29, 1.82) is 0 Å². The maximum Gasteiger partial charge on any atom is 0.290 e. The predicted molar refractivity (Wildman–Crippen MR) is 128 cm³/mol. The van der Waals surface area contributed by atoms with Gasteiger partial charge in [0.25, 0.3) is 18.9 Å². The summed E-state index contributed by atoms with van der Waals surface area (Å²) in [5.74, 6) is 1.00. The number of benzene rings is 1. The summed E-state index contributed by atoms with van der Waals surface area (Å²) in [6, 6.07) is 11.0. The minimum absolute atomic E-state index is 0.0774. The summed E-state index contributed by atoms with van der Waals surface area (Å²) in [4.78, 5) is 36.8. The van der Waals surface area contributed by atoms with Crippen molar-refractivity contribution < 1.29 is 29.7 Å². The molecular formula is C25H39N3O6. The molecule has 0 unspecified atom stereocenters. The van der Waals surface area contributed by atoms with E-state index in [4.69, 9.17) is 19.8 Å². The number of carbonyl (C=O) groups excluding carboxylic acids is 1. The number of hydrogen-bond acceptors (Lipinski definition) is 6. The van der Waals surface area contributed by atoms with Gasteiger partial charge in [0.15, 0.2) is 0 Å². The molecule has 0 aromatic heterocycles.